The van der Waals surface area contributed by atoms with Gasteiger partial charge in [0.25, 0.3) is 0 Å². The molecule has 1 N–H and O–H groups in total. The van der Waals surface area contributed by atoms with Gasteiger partial charge >= 0.3 is 7.12 Å². The Kier molecular flexibility index (Phi) is 4.80. The lowest BCUT2D eigenvalue weighted by Crippen LogP contribution is -2.41. The zero-order valence-electron chi connectivity index (χ0n) is 16.1. The fourth-order valence-electron chi connectivity index (χ4n) is 3.18. The van der Waals surface area contributed by atoms with Gasteiger partial charge < -0.3 is 14.6 Å². The normalized spacial score (nSPS) is 19.6. The molecule has 3 nitrogen and oxygen atoms in total. The van der Waals surface area contributed by atoms with Gasteiger partial charge in [0.1, 0.15) is 0 Å². The maximum absolute atomic E-state index is 6.27. The van der Waals surface area contributed by atoms with Crippen molar-refractivity contribution in [3.05, 3.63) is 53.0 Å². The maximum Gasteiger partial charge on any atom is 0.491 e. The van der Waals surface area contributed by atoms with Gasteiger partial charge in [0.05, 0.1) is 11.2 Å². The Labute approximate surface area is 151 Å². The van der Waals surface area contributed by atoms with Crippen LogP contribution in [0.3, 0.4) is 0 Å². The predicted octanol–water partition coefficient (Wildman–Crippen LogP) is 4.38. The first-order valence-corrected chi connectivity index (χ1v) is 8.94. The van der Waals surface area contributed by atoms with Crippen LogP contribution in [0.15, 0.2) is 41.9 Å². The van der Waals surface area contributed by atoms with E-state index >= 15 is 0 Å². The summed E-state index contributed by atoms with van der Waals surface area (Å²) >= 11 is 0. The fourth-order valence-corrected chi connectivity index (χ4v) is 3.18. The van der Waals surface area contributed by atoms with E-state index in [0.717, 1.165) is 12.0 Å². The molecule has 1 heterocycles. The van der Waals surface area contributed by atoms with Crippen LogP contribution in [0.5, 0.6) is 0 Å². The summed E-state index contributed by atoms with van der Waals surface area (Å²) in [7, 11) is 1.62. The highest BCUT2D eigenvalue weighted by Gasteiger charge is 2.52. The van der Waals surface area contributed by atoms with E-state index in [1.54, 1.807) is 0 Å². The summed E-state index contributed by atoms with van der Waals surface area (Å²) in [4.78, 5) is 0. The minimum Gasteiger partial charge on any atom is -0.400 e. The predicted molar refractivity (Wildman–Crippen MR) is 107 cm³/mol. The van der Waals surface area contributed by atoms with Crippen LogP contribution in [0.1, 0.15) is 38.8 Å². The van der Waals surface area contributed by atoms with Crippen molar-refractivity contribution in [2.75, 3.05) is 13.6 Å². The summed E-state index contributed by atoms with van der Waals surface area (Å²) in [5.74, 6) is 0. The van der Waals surface area contributed by atoms with Crippen molar-refractivity contribution in [2.24, 2.45) is 0 Å². The summed E-state index contributed by atoms with van der Waals surface area (Å²) in [6.45, 7) is 11.2. The molecule has 1 aliphatic heterocycles. The average Bonchev–Trinajstić information content (AvgIpc) is 2.77. The molecule has 1 saturated heterocycles. The van der Waals surface area contributed by atoms with Crippen molar-refractivity contribution in [1.82, 2.24) is 5.32 Å². The lowest BCUT2D eigenvalue weighted by molar-refractivity contribution is 0.00578. The van der Waals surface area contributed by atoms with Gasteiger partial charge in [-0.15, -0.1) is 0 Å². The molecule has 0 saturated carbocycles. The lowest BCUT2D eigenvalue weighted by atomic mass is 9.76. The van der Waals surface area contributed by atoms with Crippen molar-refractivity contribution in [3.63, 3.8) is 0 Å². The first-order valence-electron chi connectivity index (χ1n) is 8.94. The molecule has 0 amide bonds. The highest BCUT2D eigenvalue weighted by molar-refractivity contribution is 6.56. The van der Waals surface area contributed by atoms with Crippen molar-refractivity contribution in [3.8, 4) is 0 Å². The van der Waals surface area contributed by atoms with E-state index in [9.17, 15) is 0 Å². The molecule has 2 aromatic rings. The summed E-state index contributed by atoms with van der Waals surface area (Å²) in [6, 6.07) is 12.8. The van der Waals surface area contributed by atoms with Gasteiger partial charge in [0.2, 0.25) is 0 Å². The maximum atomic E-state index is 6.27. The van der Waals surface area contributed by atoms with Crippen molar-refractivity contribution >= 4 is 24.0 Å². The van der Waals surface area contributed by atoms with Crippen LogP contribution in [-0.4, -0.2) is 31.9 Å². The third-order valence-corrected chi connectivity index (χ3v) is 5.46. The van der Waals surface area contributed by atoms with Crippen LogP contribution < -0.4 is 5.32 Å². The van der Waals surface area contributed by atoms with Gasteiger partial charge in [-0.3, -0.25) is 0 Å². The second kappa shape index (κ2) is 6.60. The Balaban J connectivity index is 2.07. The first kappa shape index (κ1) is 18.2. The smallest absolute Gasteiger partial charge is 0.400 e. The van der Waals surface area contributed by atoms with Crippen LogP contribution in [0.25, 0.3) is 16.8 Å². The van der Waals surface area contributed by atoms with Gasteiger partial charge in [0, 0.05) is 6.54 Å². The van der Waals surface area contributed by atoms with Crippen LogP contribution in [0, 0.1) is 6.92 Å². The zero-order valence-corrected chi connectivity index (χ0v) is 16.1. The van der Waals surface area contributed by atoms with E-state index in [2.05, 4.69) is 82.4 Å². The Morgan fingerprint density at radius 1 is 1.04 bits per heavy atom. The molecule has 3 rings (SSSR count). The van der Waals surface area contributed by atoms with Gasteiger partial charge in [-0.05, 0) is 69.0 Å². The summed E-state index contributed by atoms with van der Waals surface area (Å²) in [5.41, 5.74) is 2.93. The van der Waals surface area contributed by atoms with Gasteiger partial charge in [0.15, 0.2) is 0 Å². The Morgan fingerprint density at radius 3 is 2.32 bits per heavy atom. The minimum atomic E-state index is -0.337. The number of aryl methyl sites for hydroxylation is 1. The molecule has 0 spiro atoms. The van der Waals surface area contributed by atoms with Gasteiger partial charge in [-0.25, -0.2) is 0 Å². The lowest BCUT2D eigenvalue weighted by Gasteiger charge is -2.32. The Morgan fingerprint density at radius 2 is 1.68 bits per heavy atom. The molecular formula is C21H28BNO2. The van der Waals surface area contributed by atoms with Crippen molar-refractivity contribution < 1.29 is 9.31 Å². The average molecular weight is 337 g/mol. The molecule has 2 aromatic carbocycles. The number of likely N-dealkylation sites (N-methyl/N-ethyl adjacent to an activating group) is 1. The molecule has 132 valence electrons. The molecule has 0 unspecified atom stereocenters. The topological polar surface area (TPSA) is 30.5 Å². The number of fused-ring (bicyclic) bond motifs is 1. The highest BCUT2D eigenvalue weighted by Crippen LogP contribution is 2.39. The highest BCUT2D eigenvalue weighted by atomic mass is 16.7. The molecular weight excluding hydrogens is 309 g/mol. The third kappa shape index (κ3) is 3.39. The van der Waals surface area contributed by atoms with Crippen molar-refractivity contribution in [2.45, 2.75) is 45.8 Å². The Hall–Kier alpha value is -1.62. The van der Waals surface area contributed by atoms with E-state index in [1.165, 1.54) is 21.9 Å². The van der Waals surface area contributed by atoms with Crippen LogP contribution in [0.4, 0.5) is 0 Å². The summed E-state index contributed by atoms with van der Waals surface area (Å²) in [5, 5.41) is 5.76. The number of rotatable bonds is 4. The molecule has 25 heavy (non-hydrogen) atoms. The largest absolute Gasteiger partial charge is 0.491 e. The number of benzene rings is 2. The number of nitrogens with one attached hydrogen (secondary N) is 1. The molecule has 0 atom stereocenters. The molecule has 0 radical (unpaired) electrons. The first-order chi connectivity index (χ1) is 11.7. The molecule has 1 aliphatic rings. The second-order valence-corrected chi connectivity index (χ2v) is 7.86. The standard InChI is InChI=1S/C21H28BNO2/c1-15-11-12-16-9-7-8-10-18(16)19(15)13-17(14-23-6)22-24-20(2,3)21(4,5)25-22/h7-13,23H,14H2,1-6H3. The van der Waals surface area contributed by atoms with Crippen molar-refractivity contribution in [1.29, 1.82) is 0 Å². The van der Waals surface area contributed by atoms with Gasteiger partial charge in [-0.2, -0.15) is 0 Å². The van der Waals surface area contributed by atoms with E-state index < -0.39 is 0 Å². The van der Waals surface area contributed by atoms with Crippen LogP contribution in [-0.2, 0) is 9.31 Å². The molecule has 0 aromatic heterocycles. The van der Waals surface area contributed by atoms with E-state index in [-0.39, 0.29) is 18.3 Å². The fraction of sp³-hybridized carbons (Fsp3) is 0.429. The van der Waals surface area contributed by atoms with Crippen LogP contribution in [0.2, 0.25) is 0 Å². The number of hydrogen-bond donors (Lipinski definition) is 1. The molecule has 0 aliphatic carbocycles. The molecule has 4 heteroatoms. The summed E-state index contributed by atoms with van der Waals surface area (Å²) in [6.07, 6.45) is 2.23. The SMILES string of the molecule is CNCC(=Cc1c(C)ccc2ccccc12)B1OC(C)(C)C(C)(C)O1. The quantitative estimate of drug-likeness (QED) is 0.840. The monoisotopic (exact) mass is 337 g/mol. The third-order valence-electron chi connectivity index (χ3n) is 5.46. The van der Waals surface area contributed by atoms with Gasteiger partial charge in [-0.1, -0.05) is 42.5 Å². The zero-order chi connectivity index (χ0) is 18.2. The van der Waals surface area contributed by atoms with Crippen LogP contribution >= 0.6 is 0 Å². The number of hydrogen-bond acceptors (Lipinski definition) is 3. The Bertz CT molecular complexity index is 795. The molecule has 0 bridgehead atoms. The molecule has 1 fully saturated rings. The second-order valence-electron chi connectivity index (χ2n) is 7.86. The summed E-state index contributed by atoms with van der Waals surface area (Å²) < 4.78 is 12.5. The van der Waals surface area contributed by atoms with E-state index in [1.807, 2.05) is 7.05 Å². The minimum absolute atomic E-state index is 0.335. The van der Waals surface area contributed by atoms with E-state index in [0.29, 0.717) is 0 Å². The van der Waals surface area contributed by atoms with E-state index in [4.69, 9.17) is 9.31 Å².